The Bertz CT molecular complexity index is 442. The average molecular weight is 238 g/mol. The lowest BCUT2D eigenvalue weighted by Crippen LogP contribution is -2.65. The predicted octanol–water partition coefficient (Wildman–Crippen LogP) is 1.06. The van der Waals surface area contributed by atoms with Gasteiger partial charge in [0.2, 0.25) is 5.95 Å². The molecule has 1 aromatic rings. The molecule has 1 aromatic heterocycles. The lowest BCUT2D eigenvalue weighted by molar-refractivity contribution is -0.110. The topological polar surface area (TPSA) is 53.4 Å². The van der Waals surface area contributed by atoms with E-state index in [0.29, 0.717) is 13.1 Å². The van der Waals surface area contributed by atoms with E-state index in [9.17, 15) is 14.3 Å². The Morgan fingerprint density at radius 2 is 2.24 bits per heavy atom. The highest BCUT2D eigenvalue weighted by Crippen LogP contribution is 2.29. The van der Waals surface area contributed by atoms with E-state index >= 15 is 0 Å². The Balaban J connectivity index is 2.05. The van der Waals surface area contributed by atoms with Crippen molar-refractivity contribution in [3.63, 3.8) is 0 Å². The lowest BCUT2D eigenvalue weighted by Gasteiger charge is -2.49. The second kappa shape index (κ2) is 4.07. The van der Waals surface area contributed by atoms with Crippen LogP contribution in [0.2, 0.25) is 0 Å². The van der Waals surface area contributed by atoms with Gasteiger partial charge >= 0.3 is 0 Å². The molecule has 1 saturated heterocycles. The molecule has 0 unspecified atom stereocenters. The Labute approximate surface area is 99.1 Å². The van der Waals surface area contributed by atoms with Crippen LogP contribution >= 0.6 is 0 Å². The molecule has 0 aromatic carbocycles. The van der Waals surface area contributed by atoms with E-state index in [2.05, 4.69) is 4.98 Å². The van der Waals surface area contributed by atoms with Gasteiger partial charge in [0.15, 0.2) is 0 Å². The quantitative estimate of drug-likeness (QED) is 0.784. The second-order valence-electron chi connectivity index (χ2n) is 4.79. The zero-order valence-corrected chi connectivity index (χ0v) is 9.85. The third-order valence-electron chi connectivity index (χ3n) is 3.26. The van der Waals surface area contributed by atoms with Gasteiger partial charge in [-0.2, -0.15) is 4.39 Å². The maximum absolute atomic E-state index is 12.9. The van der Waals surface area contributed by atoms with Gasteiger partial charge < -0.3 is 10.0 Å². The van der Waals surface area contributed by atoms with Gasteiger partial charge in [0.05, 0.1) is 13.1 Å². The van der Waals surface area contributed by atoms with Crippen LogP contribution in [0.25, 0.3) is 0 Å². The molecule has 1 aliphatic heterocycles. The summed E-state index contributed by atoms with van der Waals surface area (Å²) < 4.78 is 12.9. The highest BCUT2D eigenvalue weighted by atomic mass is 19.1. The number of aliphatic hydroxyl groups is 1. The lowest BCUT2D eigenvalue weighted by atomic mass is 9.82. The number of aromatic nitrogens is 1. The van der Waals surface area contributed by atoms with Crippen LogP contribution in [-0.2, 0) is 0 Å². The molecule has 1 aliphatic rings. The highest BCUT2D eigenvalue weighted by Gasteiger charge is 2.45. The van der Waals surface area contributed by atoms with E-state index in [4.69, 9.17) is 0 Å². The number of amides is 1. The van der Waals surface area contributed by atoms with E-state index in [-0.39, 0.29) is 17.4 Å². The molecule has 17 heavy (non-hydrogen) atoms. The van der Waals surface area contributed by atoms with Crippen molar-refractivity contribution in [1.82, 2.24) is 9.88 Å². The maximum atomic E-state index is 12.9. The van der Waals surface area contributed by atoms with Crippen LogP contribution < -0.4 is 0 Å². The number of carbonyl (C=O) groups excluding carboxylic acids is 1. The van der Waals surface area contributed by atoms with Crippen LogP contribution in [0, 0.1) is 11.9 Å². The summed E-state index contributed by atoms with van der Waals surface area (Å²) in [6.07, 6.45) is 1.26. The summed E-state index contributed by atoms with van der Waals surface area (Å²) in [5.41, 5.74) is -0.537. The molecule has 0 bridgehead atoms. The Morgan fingerprint density at radius 1 is 1.59 bits per heavy atom. The van der Waals surface area contributed by atoms with Gasteiger partial charge in [0, 0.05) is 17.8 Å². The zero-order chi connectivity index (χ0) is 12.6. The molecule has 5 heteroatoms. The molecule has 0 saturated carbocycles. The molecule has 0 spiro atoms. The molecule has 1 amide bonds. The molecule has 4 nitrogen and oxygen atoms in total. The first-order valence-corrected chi connectivity index (χ1v) is 5.55. The third kappa shape index (κ3) is 2.15. The minimum Gasteiger partial charge on any atom is -0.386 e. The van der Waals surface area contributed by atoms with Gasteiger partial charge in [-0.3, -0.25) is 4.79 Å². The van der Waals surface area contributed by atoms with E-state index in [0.717, 1.165) is 6.07 Å². The van der Waals surface area contributed by atoms with Crippen LogP contribution in [0.4, 0.5) is 4.39 Å². The van der Waals surface area contributed by atoms with Crippen LogP contribution in [0.1, 0.15) is 24.2 Å². The number of nitrogens with zero attached hydrogens (tertiary/aromatic N) is 2. The Kier molecular flexibility index (Phi) is 2.87. The largest absolute Gasteiger partial charge is 0.386 e. The third-order valence-corrected chi connectivity index (χ3v) is 3.26. The van der Waals surface area contributed by atoms with Crippen LogP contribution in [0.15, 0.2) is 18.3 Å². The van der Waals surface area contributed by atoms with Gasteiger partial charge in [-0.05, 0) is 12.0 Å². The molecule has 0 radical (unpaired) electrons. The highest BCUT2D eigenvalue weighted by molar-refractivity contribution is 5.94. The van der Waals surface area contributed by atoms with E-state index < -0.39 is 11.5 Å². The normalized spacial score (nSPS) is 18.1. The van der Waals surface area contributed by atoms with Crippen molar-refractivity contribution in [3.05, 3.63) is 29.8 Å². The number of hydrogen-bond donors (Lipinski definition) is 1. The number of β-amino-alcohol motifs (C(OH)–C–C–N with tert-alkyl or cyclic N) is 1. The molecule has 1 fully saturated rings. The molecule has 92 valence electrons. The van der Waals surface area contributed by atoms with E-state index in [1.54, 1.807) is 0 Å². The van der Waals surface area contributed by atoms with Gasteiger partial charge in [0.25, 0.3) is 5.91 Å². The summed E-state index contributed by atoms with van der Waals surface area (Å²) >= 11 is 0. The van der Waals surface area contributed by atoms with E-state index in [1.165, 1.54) is 17.2 Å². The SMILES string of the molecule is CC(C)C1(O)CN(C(=O)c2ccnc(F)c2)C1. The standard InChI is InChI=1S/C12H15FN2O2/c1-8(2)12(17)6-15(7-12)11(16)9-3-4-14-10(13)5-9/h3-5,8,17H,6-7H2,1-2H3. The van der Waals surface area contributed by atoms with Crippen molar-refractivity contribution in [2.24, 2.45) is 5.92 Å². The molecule has 0 aliphatic carbocycles. The molecule has 2 rings (SSSR count). The first-order valence-electron chi connectivity index (χ1n) is 5.55. The summed E-state index contributed by atoms with van der Waals surface area (Å²) in [5.74, 6) is -0.840. The smallest absolute Gasteiger partial charge is 0.254 e. The fourth-order valence-electron chi connectivity index (χ4n) is 1.84. The maximum Gasteiger partial charge on any atom is 0.254 e. The number of halogens is 1. The zero-order valence-electron chi connectivity index (χ0n) is 9.85. The molecule has 1 N–H and O–H groups in total. The summed E-state index contributed by atoms with van der Waals surface area (Å²) in [5, 5.41) is 10.0. The number of carbonyl (C=O) groups is 1. The Morgan fingerprint density at radius 3 is 2.76 bits per heavy atom. The number of rotatable bonds is 2. The van der Waals surface area contributed by atoms with Gasteiger partial charge in [-0.1, -0.05) is 13.8 Å². The van der Waals surface area contributed by atoms with Gasteiger partial charge in [-0.25, -0.2) is 4.98 Å². The summed E-state index contributed by atoms with van der Waals surface area (Å²) in [6, 6.07) is 2.58. The summed E-state index contributed by atoms with van der Waals surface area (Å²) in [7, 11) is 0. The molecule has 2 heterocycles. The first-order chi connectivity index (χ1) is 7.92. The van der Waals surface area contributed by atoms with Gasteiger partial charge in [-0.15, -0.1) is 0 Å². The summed E-state index contributed by atoms with van der Waals surface area (Å²) in [6.45, 7) is 4.42. The number of hydrogen-bond acceptors (Lipinski definition) is 3. The predicted molar refractivity (Wildman–Crippen MR) is 59.9 cm³/mol. The Hall–Kier alpha value is -1.49. The number of pyridine rings is 1. The van der Waals surface area contributed by atoms with Crippen molar-refractivity contribution in [1.29, 1.82) is 0 Å². The van der Waals surface area contributed by atoms with Crippen LogP contribution in [-0.4, -0.2) is 39.6 Å². The van der Waals surface area contributed by atoms with E-state index in [1.807, 2.05) is 13.8 Å². The van der Waals surface area contributed by atoms with Gasteiger partial charge in [0.1, 0.15) is 5.60 Å². The van der Waals surface area contributed by atoms with Crippen molar-refractivity contribution in [3.8, 4) is 0 Å². The van der Waals surface area contributed by atoms with Crippen molar-refractivity contribution in [2.75, 3.05) is 13.1 Å². The van der Waals surface area contributed by atoms with Crippen molar-refractivity contribution >= 4 is 5.91 Å². The van der Waals surface area contributed by atoms with Crippen LogP contribution in [0.5, 0.6) is 0 Å². The summed E-state index contributed by atoms with van der Waals surface area (Å²) in [4.78, 5) is 16.8. The van der Waals surface area contributed by atoms with Crippen LogP contribution in [0.3, 0.4) is 0 Å². The minimum atomic E-state index is -0.804. The van der Waals surface area contributed by atoms with Crippen molar-refractivity contribution < 1.29 is 14.3 Å². The second-order valence-corrected chi connectivity index (χ2v) is 4.79. The first kappa shape index (κ1) is 12.0. The molecular weight excluding hydrogens is 223 g/mol. The average Bonchev–Trinajstić information content (AvgIpc) is 2.23. The number of likely N-dealkylation sites (tertiary alicyclic amines) is 1. The fourth-order valence-corrected chi connectivity index (χ4v) is 1.84. The van der Waals surface area contributed by atoms with Crippen molar-refractivity contribution in [2.45, 2.75) is 19.4 Å². The fraction of sp³-hybridized carbons (Fsp3) is 0.500. The monoisotopic (exact) mass is 238 g/mol. The minimum absolute atomic E-state index is 0.0979. The molecule has 0 atom stereocenters. The molecular formula is C12H15FN2O2.